The maximum atomic E-state index is 13.8. The summed E-state index contributed by atoms with van der Waals surface area (Å²) >= 11 is 0. The molecule has 0 unspecified atom stereocenters. The second-order valence-electron chi connectivity index (χ2n) is 9.41. The van der Waals surface area contributed by atoms with E-state index in [-0.39, 0.29) is 12.5 Å². The number of aliphatic imine (C=N–C) groups is 1. The second-order valence-corrected chi connectivity index (χ2v) is 9.41. The quantitative estimate of drug-likeness (QED) is 0.354. The van der Waals surface area contributed by atoms with Crippen LogP contribution in [0.1, 0.15) is 62.2 Å². The number of carbonyl (C=O) groups excluding carboxylic acids is 1. The van der Waals surface area contributed by atoms with E-state index in [1.54, 1.807) is 6.08 Å². The van der Waals surface area contributed by atoms with Gasteiger partial charge in [0.2, 0.25) is 5.90 Å². The molecule has 1 heterocycles. The molecule has 186 valence electrons. The maximum Gasteiger partial charge on any atom is 0.252 e. The zero-order chi connectivity index (χ0) is 24.5. The molecule has 4 rings (SSSR count). The van der Waals surface area contributed by atoms with Crippen molar-refractivity contribution in [3.05, 3.63) is 78.4 Å². The van der Waals surface area contributed by atoms with E-state index in [9.17, 15) is 4.79 Å². The fraction of sp³-hybridized carbons (Fsp3) is 0.448. The van der Waals surface area contributed by atoms with Crippen LogP contribution in [0.3, 0.4) is 0 Å². The van der Waals surface area contributed by atoms with Gasteiger partial charge in [-0.15, -0.1) is 6.58 Å². The molecule has 1 saturated carbocycles. The van der Waals surface area contributed by atoms with Gasteiger partial charge in [-0.3, -0.25) is 4.79 Å². The Kier molecular flexibility index (Phi) is 8.59. The molecular formula is C29H36N2O4. The molecule has 0 radical (unpaired) electrons. The van der Waals surface area contributed by atoms with Gasteiger partial charge in [-0.2, -0.15) is 0 Å². The van der Waals surface area contributed by atoms with Crippen LogP contribution in [0.25, 0.3) is 0 Å². The lowest BCUT2D eigenvalue weighted by Crippen LogP contribution is -2.49. The minimum Gasteiger partial charge on any atom is -0.494 e. The van der Waals surface area contributed by atoms with E-state index < -0.39 is 11.6 Å². The van der Waals surface area contributed by atoms with E-state index in [0.717, 1.165) is 24.0 Å². The van der Waals surface area contributed by atoms with Crippen LogP contribution >= 0.6 is 0 Å². The predicted octanol–water partition coefficient (Wildman–Crippen LogP) is 4.98. The highest BCUT2D eigenvalue weighted by Gasteiger charge is 2.52. The molecule has 2 atom stereocenters. The number of rotatable bonds is 11. The van der Waals surface area contributed by atoms with E-state index in [4.69, 9.17) is 19.6 Å². The van der Waals surface area contributed by atoms with E-state index in [0.29, 0.717) is 43.6 Å². The zero-order valence-electron chi connectivity index (χ0n) is 20.3. The summed E-state index contributed by atoms with van der Waals surface area (Å²) in [5.41, 5.74) is 0.569. The van der Waals surface area contributed by atoms with Crippen molar-refractivity contribution in [1.82, 2.24) is 5.32 Å². The van der Waals surface area contributed by atoms with Crippen LogP contribution in [0.4, 0.5) is 0 Å². The van der Waals surface area contributed by atoms with Gasteiger partial charge in [-0.25, -0.2) is 4.99 Å². The summed E-state index contributed by atoms with van der Waals surface area (Å²) in [4.78, 5) is 18.7. The number of benzene rings is 2. The summed E-state index contributed by atoms with van der Waals surface area (Å²) in [6.07, 6.45) is 8.22. The third kappa shape index (κ3) is 5.93. The summed E-state index contributed by atoms with van der Waals surface area (Å²) in [6.45, 7) is 5.15. The first kappa shape index (κ1) is 25.0. The van der Waals surface area contributed by atoms with Crippen molar-refractivity contribution >= 4 is 11.8 Å². The van der Waals surface area contributed by atoms with Gasteiger partial charge < -0.3 is 19.9 Å². The normalized spacial score (nSPS) is 22.2. The number of nitrogens with one attached hydrogen (secondary N) is 1. The van der Waals surface area contributed by atoms with Crippen molar-refractivity contribution in [2.45, 2.75) is 56.6 Å². The Morgan fingerprint density at radius 1 is 1.14 bits per heavy atom. The fourth-order valence-electron chi connectivity index (χ4n) is 4.94. The maximum absolute atomic E-state index is 13.8. The lowest BCUT2D eigenvalue weighted by molar-refractivity contribution is -0.129. The first-order chi connectivity index (χ1) is 17.2. The lowest BCUT2D eigenvalue weighted by Gasteiger charge is -2.31. The zero-order valence-corrected chi connectivity index (χ0v) is 20.3. The third-order valence-electron chi connectivity index (χ3n) is 6.86. The minimum absolute atomic E-state index is 0.0950. The van der Waals surface area contributed by atoms with Crippen LogP contribution in [-0.2, 0) is 9.53 Å². The van der Waals surface area contributed by atoms with Gasteiger partial charge in [-0.1, -0.05) is 55.7 Å². The first-order valence-electron chi connectivity index (χ1n) is 12.7. The third-order valence-corrected chi connectivity index (χ3v) is 6.86. The van der Waals surface area contributed by atoms with Gasteiger partial charge in [0.05, 0.1) is 6.61 Å². The van der Waals surface area contributed by atoms with Crippen molar-refractivity contribution in [1.29, 1.82) is 0 Å². The molecule has 0 bridgehead atoms. The minimum atomic E-state index is -1.12. The van der Waals surface area contributed by atoms with Crippen molar-refractivity contribution in [3.8, 4) is 5.75 Å². The van der Waals surface area contributed by atoms with Crippen LogP contribution in [0.15, 0.2) is 72.2 Å². The smallest absolute Gasteiger partial charge is 0.252 e. The molecule has 6 heteroatoms. The van der Waals surface area contributed by atoms with Crippen LogP contribution in [0.5, 0.6) is 5.75 Å². The summed E-state index contributed by atoms with van der Waals surface area (Å²) in [7, 11) is 0. The molecule has 1 amide bonds. The summed E-state index contributed by atoms with van der Waals surface area (Å²) < 4.78 is 12.1. The van der Waals surface area contributed by atoms with Gasteiger partial charge in [0, 0.05) is 31.6 Å². The predicted molar refractivity (Wildman–Crippen MR) is 138 cm³/mol. The average molecular weight is 477 g/mol. The highest BCUT2D eigenvalue weighted by molar-refractivity contribution is 6.01. The van der Waals surface area contributed by atoms with Crippen LogP contribution in [-0.4, -0.2) is 42.2 Å². The summed E-state index contributed by atoms with van der Waals surface area (Å²) in [5, 5.41) is 12.2. The van der Waals surface area contributed by atoms with Crippen molar-refractivity contribution in [3.63, 3.8) is 0 Å². The Hall–Kier alpha value is -3.12. The monoisotopic (exact) mass is 476 g/mol. The Labute approximate surface area is 208 Å². The molecule has 2 aromatic rings. The topological polar surface area (TPSA) is 80.2 Å². The summed E-state index contributed by atoms with van der Waals surface area (Å²) in [5.74, 6) is 1.56. The van der Waals surface area contributed by atoms with E-state index in [2.05, 4.69) is 11.9 Å². The fourth-order valence-corrected chi connectivity index (χ4v) is 4.94. The number of carbonyl (C=O) groups is 1. The number of amides is 1. The average Bonchev–Trinajstić information content (AvgIpc) is 3.30. The Balaban J connectivity index is 1.60. The van der Waals surface area contributed by atoms with Crippen LogP contribution < -0.4 is 10.1 Å². The number of ether oxygens (including phenoxy) is 2. The Morgan fingerprint density at radius 3 is 2.57 bits per heavy atom. The lowest BCUT2D eigenvalue weighted by atomic mass is 9.84. The van der Waals surface area contributed by atoms with Crippen molar-refractivity contribution in [2.75, 3.05) is 19.8 Å². The molecule has 0 aromatic heterocycles. The number of aliphatic hydroxyl groups excluding tert-OH is 1. The van der Waals surface area contributed by atoms with E-state index >= 15 is 0 Å². The molecule has 1 aliphatic carbocycles. The van der Waals surface area contributed by atoms with Gasteiger partial charge >= 0.3 is 0 Å². The van der Waals surface area contributed by atoms with E-state index in [1.165, 1.54) is 19.3 Å². The molecule has 2 aliphatic rings. The molecule has 35 heavy (non-hydrogen) atoms. The number of hydrogen-bond donors (Lipinski definition) is 2. The SMILES string of the molecule is C=CC[C@@]1(C(=O)NCC2CCCCC2)N=C(c2ccc(OCCCO)cc2)O[C@@H]1c1ccccc1. The second kappa shape index (κ2) is 12.0. The van der Waals surface area contributed by atoms with Crippen LogP contribution in [0.2, 0.25) is 0 Å². The molecule has 0 spiro atoms. The molecule has 2 N–H and O–H groups in total. The van der Waals surface area contributed by atoms with Gasteiger partial charge in [-0.05, 0) is 48.6 Å². The van der Waals surface area contributed by atoms with Gasteiger partial charge in [0.15, 0.2) is 11.6 Å². The van der Waals surface area contributed by atoms with Gasteiger partial charge in [0.25, 0.3) is 5.91 Å². The standard InChI is InChI=1S/C29H36N2O4/c1-2-18-29(28(33)30-21-22-10-5-3-6-11-22)26(23-12-7-4-8-13-23)35-27(31-29)24-14-16-25(17-15-24)34-20-9-19-32/h2,4,7-8,12-17,22,26,32H,1,3,5-6,9-11,18-21H2,(H,30,33)/t26-,29-/m1/s1. The first-order valence-corrected chi connectivity index (χ1v) is 12.7. The largest absolute Gasteiger partial charge is 0.494 e. The van der Waals surface area contributed by atoms with Gasteiger partial charge in [0.1, 0.15) is 5.75 Å². The molecule has 2 aromatic carbocycles. The van der Waals surface area contributed by atoms with Crippen LogP contribution in [0, 0.1) is 5.92 Å². The van der Waals surface area contributed by atoms with Crippen molar-refractivity contribution in [2.24, 2.45) is 10.9 Å². The highest BCUT2D eigenvalue weighted by Crippen LogP contribution is 2.42. The molecular weight excluding hydrogens is 440 g/mol. The highest BCUT2D eigenvalue weighted by atomic mass is 16.5. The Bertz CT molecular complexity index is 999. The number of nitrogens with zero attached hydrogens (tertiary/aromatic N) is 1. The number of hydrogen-bond acceptors (Lipinski definition) is 5. The molecule has 6 nitrogen and oxygen atoms in total. The Morgan fingerprint density at radius 2 is 1.89 bits per heavy atom. The summed E-state index contributed by atoms with van der Waals surface area (Å²) in [6, 6.07) is 17.3. The molecule has 1 fully saturated rings. The number of aliphatic hydroxyl groups is 1. The van der Waals surface area contributed by atoms with Crippen molar-refractivity contribution < 1.29 is 19.4 Å². The molecule has 1 aliphatic heterocycles. The molecule has 0 saturated heterocycles. The van der Waals surface area contributed by atoms with E-state index in [1.807, 2.05) is 54.6 Å².